The van der Waals surface area contributed by atoms with Gasteiger partial charge in [0.15, 0.2) is 0 Å². The van der Waals surface area contributed by atoms with E-state index in [2.05, 4.69) is 15.9 Å². The van der Waals surface area contributed by atoms with Crippen LogP contribution in [-0.2, 0) is 14.8 Å². The number of rotatable bonds is 5. The van der Waals surface area contributed by atoms with Gasteiger partial charge >= 0.3 is 5.97 Å². The van der Waals surface area contributed by atoms with Crippen molar-refractivity contribution >= 4 is 60.8 Å². The van der Waals surface area contributed by atoms with Gasteiger partial charge in [0.2, 0.25) is 0 Å². The third-order valence-electron chi connectivity index (χ3n) is 3.18. The van der Waals surface area contributed by atoms with E-state index in [0.717, 1.165) is 4.31 Å². The van der Waals surface area contributed by atoms with Gasteiger partial charge in [0.05, 0.1) is 10.6 Å². The minimum absolute atomic E-state index is 0.0464. The summed E-state index contributed by atoms with van der Waals surface area (Å²) in [6, 6.07) is 8.66. The van der Waals surface area contributed by atoms with Crippen LogP contribution in [0, 0.1) is 0 Å². The Balaban J connectivity index is 2.66. The van der Waals surface area contributed by atoms with Gasteiger partial charge in [-0.2, -0.15) is 0 Å². The largest absolute Gasteiger partial charge is 0.480 e. The van der Waals surface area contributed by atoms with Crippen molar-refractivity contribution < 1.29 is 18.3 Å². The van der Waals surface area contributed by atoms with Gasteiger partial charge in [-0.05, 0) is 49.4 Å². The molecule has 0 saturated heterocycles. The predicted octanol–water partition coefficient (Wildman–Crippen LogP) is 4.42. The number of carboxylic acids is 1. The van der Waals surface area contributed by atoms with Crippen LogP contribution in [0.25, 0.3) is 0 Å². The Morgan fingerprint density at radius 1 is 1.12 bits per heavy atom. The zero-order valence-corrected chi connectivity index (χ0v) is 16.2. The van der Waals surface area contributed by atoms with Crippen LogP contribution in [0.3, 0.4) is 0 Å². The Labute approximate surface area is 158 Å². The monoisotopic (exact) mass is 451 g/mol. The molecule has 0 fully saturated rings. The SMILES string of the molecule is CC(C(=O)O)N(c1cc(Cl)cc(Cl)c1)S(=O)(=O)c1ccc(Br)cc1. The fourth-order valence-electron chi connectivity index (χ4n) is 2.06. The van der Waals surface area contributed by atoms with Gasteiger partial charge in [0.25, 0.3) is 10.0 Å². The predicted molar refractivity (Wildman–Crippen MR) is 97.4 cm³/mol. The van der Waals surface area contributed by atoms with Crippen molar-refractivity contribution in [3.05, 3.63) is 57.0 Å². The highest BCUT2D eigenvalue weighted by Crippen LogP contribution is 2.31. The standard InChI is InChI=1S/C15H12BrCl2NO4S/c1-9(15(20)21)19(13-7-11(17)6-12(18)8-13)24(22,23)14-4-2-10(16)3-5-14/h2-9H,1H3,(H,20,21). The zero-order valence-electron chi connectivity index (χ0n) is 12.3. The quantitative estimate of drug-likeness (QED) is 0.728. The fourth-order valence-corrected chi connectivity index (χ4v) is 4.43. The lowest BCUT2D eigenvalue weighted by Crippen LogP contribution is -2.43. The van der Waals surface area contributed by atoms with Crippen molar-refractivity contribution in [2.24, 2.45) is 0 Å². The van der Waals surface area contributed by atoms with Gasteiger partial charge in [-0.25, -0.2) is 13.2 Å². The molecule has 24 heavy (non-hydrogen) atoms. The molecule has 0 aliphatic rings. The molecule has 0 saturated carbocycles. The Morgan fingerprint density at radius 2 is 1.62 bits per heavy atom. The first-order chi connectivity index (χ1) is 11.1. The number of benzene rings is 2. The molecule has 128 valence electrons. The van der Waals surface area contributed by atoms with Crippen molar-refractivity contribution in [2.45, 2.75) is 17.9 Å². The summed E-state index contributed by atoms with van der Waals surface area (Å²) in [5.74, 6) is -1.30. The van der Waals surface area contributed by atoms with Crippen LogP contribution in [0.4, 0.5) is 5.69 Å². The van der Waals surface area contributed by atoms with E-state index >= 15 is 0 Å². The molecule has 0 amide bonds. The molecule has 2 rings (SSSR count). The molecule has 2 aromatic rings. The minimum atomic E-state index is -4.13. The Bertz CT molecular complexity index is 851. The normalized spacial score (nSPS) is 12.7. The number of hydrogen-bond donors (Lipinski definition) is 1. The molecule has 9 heteroatoms. The summed E-state index contributed by atoms with van der Waals surface area (Å²) < 4.78 is 27.4. The van der Waals surface area contributed by atoms with Crippen molar-refractivity contribution in [1.82, 2.24) is 0 Å². The van der Waals surface area contributed by atoms with E-state index in [0.29, 0.717) is 4.47 Å². The Kier molecular flexibility index (Phi) is 5.80. The first-order valence-corrected chi connectivity index (χ1v) is 9.60. The second-order valence-electron chi connectivity index (χ2n) is 4.90. The van der Waals surface area contributed by atoms with Crippen molar-refractivity contribution in [3.8, 4) is 0 Å². The van der Waals surface area contributed by atoms with Gasteiger partial charge in [0, 0.05) is 14.5 Å². The smallest absolute Gasteiger partial charge is 0.327 e. The summed E-state index contributed by atoms with van der Waals surface area (Å²) in [5.41, 5.74) is 0.0744. The first-order valence-electron chi connectivity index (χ1n) is 6.62. The average Bonchev–Trinajstić information content (AvgIpc) is 2.46. The lowest BCUT2D eigenvalue weighted by Gasteiger charge is -2.28. The molecule has 0 heterocycles. The summed E-state index contributed by atoms with van der Waals surface area (Å²) >= 11 is 15.1. The molecule has 1 N–H and O–H groups in total. The average molecular weight is 453 g/mol. The van der Waals surface area contributed by atoms with Crippen molar-refractivity contribution in [3.63, 3.8) is 0 Å². The number of carboxylic acid groups (broad SMARTS) is 1. The molecular formula is C15H12BrCl2NO4S. The molecule has 0 spiro atoms. The van der Waals surface area contributed by atoms with Gasteiger partial charge in [-0.15, -0.1) is 0 Å². The Hall–Kier alpha value is -1.28. The summed E-state index contributed by atoms with van der Waals surface area (Å²) in [4.78, 5) is 11.4. The number of nitrogens with zero attached hydrogens (tertiary/aromatic N) is 1. The molecule has 0 aromatic heterocycles. The summed E-state index contributed by atoms with van der Waals surface area (Å²) in [6.07, 6.45) is 0. The topological polar surface area (TPSA) is 74.7 Å². The summed E-state index contributed by atoms with van der Waals surface area (Å²) in [7, 11) is -4.13. The van der Waals surface area contributed by atoms with Crippen molar-refractivity contribution in [2.75, 3.05) is 4.31 Å². The lowest BCUT2D eigenvalue weighted by molar-refractivity contribution is -0.137. The van der Waals surface area contributed by atoms with Gasteiger partial charge in [-0.1, -0.05) is 39.1 Å². The number of halogens is 3. The van der Waals surface area contributed by atoms with E-state index in [1.54, 1.807) is 12.1 Å². The molecule has 1 atom stereocenters. The van der Waals surface area contributed by atoms with E-state index in [1.807, 2.05) is 0 Å². The second-order valence-corrected chi connectivity index (χ2v) is 8.50. The van der Waals surface area contributed by atoms with E-state index in [4.69, 9.17) is 23.2 Å². The molecular weight excluding hydrogens is 441 g/mol. The number of hydrogen-bond acceptors (Lipinski definition) is 3. The number of carbonyl (C=O) groups is 1. The third-order valence-corrected chi connectivity index (χ3v) is 6.06. The molecule has 2 aromatic carbocycles. The van der Waals surface area contributed by atoms with Crippen molar-refractivity contribution in [1.29, 1.82) is 0 Å². The van der Waals surface area contributed by atoms with E-state index in [9.17, 15) is 18.3 Å². The molecule has 0 aliphatic heterocycles. The number of aliphatic carboxylic acids is 1. The maximum atomic E-state index is 13.0. The molecule has 5 nitrogen and oxygen atoms in total. The van der Waals surface area contributed by atoms with Gasteiger partial charge in [0.1, 0.15) is 6.04 Å². The van der Waals surface area contributed by atoms with Crippen LogP contribution in [0.5, 0.6) is 0 Å². The number of anilines is 1. The maximum Gasteiger partial charge on any atom is 0.327 e. The molecule has 0 radical (unpaired) electrons. The number of sulfonamides is 1. The van der Waals surface area contributed by atoms with Crippen LogP contribution in [-0.4, -0.2) is 25.5 Å². The summed E-state index contributed by atoms with van der Waals surface area (Å²) in [6.45, 7) is 1.27. The first kappa shape index (κ1) is 19.1. The Morgan fingerprint density at radius 3 is 2.08 bits per heavy atom. The van der Waals surface area contributed by atoms with Crippen LogP contribution in [0.1, 0.15) is 6.92 Å². The highest BCUT2D eigenvalue weighted by atomic mass is 79.9. The van der Waals surface area contributed by atoms with Gasteiger partial charge in [-0.3, -0.25) is 4.31 Å². The van der Waals surface area contributed by atoms with E-state index < -0.39 is 22.0 Å². The highest BCUT2D eigenvalue weighted by molar-refractivity contribution is 9.10. The second kappa shape index (κ2) is 7.31. The lowest BCUT2D eigenvalue weighted by atomic mass is 10.2. The third kappa shape index (κ3) is 4.03. The van der Waals surface area contributed by atoms with Crippen LogP contribution in [0.15, 0.2) is 51.8 Å². The molecule has 0 bridgehead atoms. The zero-order chi connectivity index (χ0) is 18.1. The van der Waals surface area contributed by atoms with Gasteiger partial charge < -0.3 is 5.11 Å². The molecule has 0 aliphatic carbocycles. The van der Waals surface area contributed by atoms with E-state index in [1.165, 1.54) is 37.3 Å². The summed E-state index contributed by atoms with van der Waals surface area (Å²) in [5, 5.41) is 9.73. The minimum Gasteiger partial charge on any atom is -0.480 e. The van der Waals surface area contributed by atoms with Crippen LogP contribution < -0.4 is 4.31 Å². The highest BCUT2D eigenvalue weighted by Gasteiger charge is 2.33. The van der Waals surface area contributed by atoms with Crippen LogP contribution >= 0.6 is 39.1 Å². The van der Waals surface area contributed by atoms with E-state index in [-0.39, 0.29) is 20.6 Å². The van der Waals surface area contributed by atoms with Crippen LogP contribution in [0.2, 0.25) is 10.0 Å². The maximum absolute atomic E-state index is 13.0. The molecule has 1 unspecified atom stereocenters. The fraction of sp³-hybridized carbons (Fsp3) is 0.133.